The van der Waals surface area contributed by atoms with Crippen LogP contribution >= 0.6 is 0 Å². The molecule has 4 heteroatoms. The maximum Gasteiger partial charge on any atom is 0.213 e. The second-order valence-electron chi connectivity index (χ2n) is 2.43. The summed E-state index contributed by atoms with van der Waals surface area (Å²) >= 11 is 0. The van der Waals surface area contributed by atoms with Gasteiger partial charge in [0.05, 0.1) is 6.10 Å². The third-order valence-electron chi connectivity index (χ3n) is 1.44. The molecular formula is C6H10O4. The lowest BCUT2D eigenvalue weighted by molar-refractivity contribution is -0.207. The lowest BCUT2D eigenvalue weighted by Gasteiger charge is -2.26. The van der Waals surface area contributed by atoms with Crippen LogP contribution in [0.2, 0.25) is 0 Å². The zero-order valence-electron chi connectivity index (χ0n) is 6.61. The van der Waals surface area contributed by atoms with Crippen LogP contribution in [0.15, 0.2) is 0 Å². The first-order valence-electron chi connectivity index (χ1n) is 3.54. The summed E-state index contributed by atoms with van der Waals surface area (Å²) in [6.07, 6.45) is -2.52. The number of aliphatic hydroxyl groups is 2. The number of hydrogen-bond acceptors (Lipinski definition) is 4. The average molecular weight is 148 g/mol. The monoisotopic (exact) mass is 148 g/mol. The predicted octanol–water partition coefficient (Wildman–Crippen LogP) is -0.956. The normalized spacial score (nSPS) is 43.2. The molecule has 0 saturated carbocycles. The zero-order chi connectivity index (χ0) is 8.43. The van der Waals surface area contributed by atoms with Crippen LogP contribution in [0.5, 0.6) is 0 Å². The van der Waals surface area contributed by atoms with Gasteiger partial charge >= 0.3 is 0 Å². The highest BCUT2D eigenvalue weighted by molar-refractivity contribution is 5.84. The largest absolute Gasteiger partial charge is 0.380 e. The molecule has 0 aromatic rings. The molecule has 3 atom stereocenters. The van der Waals surface area contributed by atoms with Crippen molar-refractivity contribution in [3.63, 3.8) is 0 Å². The minimum atomic E-state index is -1.30. The van der Waals surface area contributed by atoms with E-state index in [1.807, 2.05) is 0 Å². The third kappa shape index (κ3) is 1.34. The summed E-state index contributed by atoms with van der Waals surface area (Å²) in [5, 5.41) is 13.0. The van der Waals surface area contributed by atoms with Gasteiger partial charge in [-0.05, 0) is 6.92 Å². The minimum absolute atomic E-state index is 0.182. The van der Waals surface area contributed by atoms with Gasteiger partial charge in [-0.1, -0.05) is 0 Å². The van der Waals surface area contributed by atoms with Crippen molar-refractivity contribution in [2.45, 2.75) is 31.8 Å². The van der Waals surface area contributed by atoms with Crippen LogP contribution in [0.25, 0.3) is 0 Å². The SMILES string of the molecule is [3H]O[C@H]1OC(C)CC(=O)C1O. The summed E-state index contributed by atoms with van der Waals surface area (Å²) in [6.45, 7) is 1.69. The lowest BCUT2D eigenvalue weighted by atomic mass is 10.1. The molecule has 1 saturated heterocycles. The first-order chi connectivity index (χ1) is 5.15. The molecule has 0 radical (unpaired) electrons. The number of Topliss-reactive ketones (excluding diaryl/α,β-unsaturated/α-hetero) is 1. The molecule has 0 bridgehead atoms. The van der Waals surface area contributed by atoms with Crippen LogP contribution in [-0.2, 0) is 9.53 Å². The maximum atomic E-state index is 10.9. The molecule has 2 N–H and O–H groups in total. The zero-order valence-corrected chi connectivity index (χ0v) is 5.61. The van der Waals surface area contributed by atoms with E-state index in [1.165, 1.54) is 0 Å². The minimum Gasteiger partial charge on any atom is -0.380 e. The molecule has 4 nitrogen and oxygen atoms in total. The Morgan fingerprint density at radius 2 is 2.60 bits per heavy atom. The Morgan fingerprint density at radius 3 is 3.20 bits per heavy atom. The molecule has 1 aliphatic heterocycles. The van der Waals surface area contributed by atoms with Gasteiger partial charge in [-0.2, -0.15) is 0 Å². The van der Waals surface area contributed by atoms with Gasteiger partial charge < -0.3 is 15.0 Å². The van der Waals surface area contributed by atoms with E-state index in [-0.39, 0.29) is 18.3 Å². The Balaban J connectivity index is 2.58. The van der Waals surface area contributed by atoms with Gasteiger partial charge in [0, 0.05) is 6.42 Å². The van der Waals surface area contributed by atoms with Gasteiger partial charge in [0.25, 0.3) is 0 Å². The van der Waals surface area contributed by atoms with E-state index in [9.17, 15) is 4.79 Å². The average Bonchev–Trinajstić information content (AvgIpc) is 1.96. The number of carbonyl (C=O) groups excluding carboxylic acids is 1. The van der Waals surface area contributed by atoms with Gasteiger partial charge in [0.1, 0.15) is 0 Å². The molecule has 0 amide bonds. The van der Waals surface area contributed by atoms with Crippen LogP contribution in [0, 0.1) is 0 Å². The van der Waals surface area contributed by atoms with Crippen LogP contribution in [0.1, 0.15) is 13.3 Å². The molecule has 0 aliphatic carbocycles. The number of rotatable bonds is 1. The standard InChI is InChI=1S/C6H10O4/c1-3-2-4(7)5(8)6(9)10-3/h3,5-6,8-9H,2H2,1H3/t3?,5?,6-/m0/s1/i9T. The Hall–Kier alpha value is -0.450. The highest BCUT2D eigenvalue weighted by Crippen LogP contribution is 2.13. The summed E-state index contributed by atoms with van der Waals surface area (Å²) in [6, 6.07) is 0. The van der Waals surface area contributed by atoms with Gasteiger partial charge in [-0.3, -0.25) is 4.79 Å². The van der Waals surface area contributed by atoms with Crippen LogP contribution in [-0.4, -0.2) is 35.9 Å². The Kier molecular flexibility index (Phi) is 1.66. The molecule has 1 heterocycles. The number of ether oxygens (including phenoxy) is 1. The fourth-order valence-electron chi connectivity index (χ4n) is 0.907. The van der Waals surface area contributed by atoms with Crippen molar-refractivity contribution in [1.82, 2.24) is 0 Å². The first kappa shape index (κ1) is 6.27. The predicted molar refractivity (Wildman–Crippen MR) is 32.2 cm³/mol. The molecule has 0 aromatic carbocycles. The fraction of sp³-hybridized carbons (Fsp3) is 0.833. The number of hydrogen-bond donors (Lipinski definition) is 2. The van der Waals surface area contributed by atoms with Crippen molar-refractivity contribution in [2.75, 3.05) is 0 Å². The fourth-order valence-corrected chi connectivity index (χ4v) is 0.907. The van der Waals surface area contributed by atoms with Crippen molar-refractivity contribution in [3.8, 4) is 0 Å². The maximum absolute atomic E-state index is 10.9. The van der Waals surface area contributed by atoms with E-state index in [2.05, 4.69) is 5.11 Å². The van der Waals surface area contributed by atoms with Crippen molar-refractivity contribution < 1.29 is 19.7 Å². The molecule has 1 fully saturated rings. The summed E-state index contributed by atoms with van der Waals surface area (Å²) in [7, 11) is 0. The van der Waals surface area contributed by atoms with Crippen molar-refractivity contribution in [3.05, 3.63) is 0 Å². The molecule has 0 aromatic heterocycles. The van der Waals surface area contributed by atoms with E-state index in [4.69, 9.17) is 11.3 Å². The third-order valence-corrected chi connectivity index (χ3v) is 1.44. The van der Waals surface area contributed by atoms with Gasteiger partial charge in [0.15, 0.2) is 18.2 Å². The van der Waals surface area contributed by atoms with Crippen LogP contribution in [0.4, 0.5) is 0 Å². The summed E-state index contributed by atoms with van der Waals surface area (Å²) in [5.41, 5.74) is 0. The molecule has 10 heavy (non-hydrogen) atoms. The van der Waals surface area contributed by atoms with E-state index >= 15 is 0 Å². The highest BCUT2D eigenvalue weighted by atomic mass is 16.6. The van der Waals surface area contributed by atoms with E-state index in [1.54, 1.807) is 6.92 Å². The van der Waals surface area contributed by atoms with Gasteiger partial charge in [-0.15, -0.1) is 0 Å². The van der Waals surface area contributed by atoms with E-state index in [0.29, 0.717) is 0 Å². The molecule has 1 rings (SSSR count). The lowest BCUT2D eigenvalue weighted by Crippen LogP contribution is -2.44. The quantitative estimate of drug-likeness (QED) is 0.502. The van der Waals surface area contributed by atoms with Gasteiger partial charge in [-0.25, -0.2) is 0 Å². The van der Waals surface area contributed by atoms with Gasteiger partial charge in [0.2, 0.25) is 1.43 Å². The second kappa shape index (κ2) is 2.65. The van der Waals surface area contributed by atoms with Crippen LogP contribution in [0.3, 0.4) is 0 Å². The Morgan fingerprint density at radius 1 is 1.90 bits per heavy atom. The van der Waals surface area contributed by atoms with Crippen molar-refractivity contribution in [2.24, 2.45) is 0 Å². The molecule has 2 unspecified atom stereocenters. The number of carbonyl (C=O) groups is 1. The van der Waals surface area contributed by atoms with E-state index < -0.39 is 12.4 Å². The molecular weight excluding hydrogens is 136 g/mol. The second-order valence-corrected chi connectivity index (χ2v) is 2.43. The van der Waals surface area contributed by atoms with Crippen LogP contribution < -0.4 is 0 Å². The topological polar surface area (TPSA) is 66.8 Å². The number of aliphatic hydroxyl groups excluding tert-OH is 2. The summed E-state index contributed by atoms with van der Waals surface area (Å²) < 4.78 is 11.4. The van der Waals surface area contributed by atoms with E-state index in [0.717, 1.165) is 0 Å². The first-order valence-corrected chi connectivity index (χ1v) is 3.13. The van der Waals surface area contributed by atoms with Crippen molar-refractivity contribution in [1.29, 1.82) is 1.43 Å². The Bertz CT molecular complexity index is 161. The molecule has 58 valence electrons. The molecule has 0 spiro atoms. The number of ketones is 1. The summed E-state index contributed by atoms with van der Waals surface area (Å²) in [4.78, 5) is 10.9. The highest BCUT2D eigenvalue weighted by Gasteiger charge is 2.32. The summed E-state index contributed by atoms with van der Waals surface area (Å²) in [5.74, 6) is -0.332. The molecule has 1 aliphatic rings. The Labute approximate surface area is 59.9 Å². The van der Waals surface area contributed by atoms with Crippen molar-refractivity contribution >= 4 is 5.78 Å². The smallest absolute Gasteiger partial charge is 0.213 e.